The van der Waals surface area contributed by atoms with Crippen LogP contribution in [0.15, 0.2) is 65.1 Å². The molecule has 7 heteroatoms. The Hall–Kier alpha value is -3.71. The number of rotatable bonds is 5. The van der Waals surface area contributed by atoms with E-state index in [9.17, 15) is 4.79 Å². The second kappa shape index (κ2) is 9.20. The Morgan fingerprint density at radius 2 is 1.88 bits per heavy atom. The molecule has 2 N–H and O–H groups in total. The van der Waals surface area contributed by atoms with Gasteiger partial charge in [0, 0.05) is 16.8 Å². The summed E-state index contributed by atoms with van der Waals surface area (Å²) in [5, 5.41) is 5.91. The first-order valence-corrected chi connectivity index (χ1v) is 10.7. The van der Waals surface area contributed by atoms with Gasteiger partial charge >= 0.3 is 0 Å². The highest BCUT2D eigenvalue weighted by molar-refractivity contribution is 7.80. The molecule has 0 aliphatic rings. The van der Waals surface area contributed by atoms with Crippen molar-refractivity contribution in [1.82, 2.24) is 10.3 Å². The van der Waals surface area contributed by atoms with Crippen LogP contribution < -0.4 is 15.4 Å². The number of carbonyl (C=O) groups excluding carboxylic acids is 1. The Morgan fingerprint density at radius 3 is 2.62 bits per heavy atom. The largest absolute Gasteiger partial charge is 0.494 e. The molecule has 0 unspecified atom stereocenters. The first kappa shape index (κ1) is 21.5. The van der Waals surface area contributed by atoms with Gasteiger partial charge in [-0.3, -0.25) is 10.1 Å². The van der Waals surface area contributed by atoms with Crippen LogP contribution in [0, 0.1) is 13.8 Å². The van der Waals surface area contributed by atoms with E-state index in [0.29, 0.717) is 23.8 Å². The summed E-state index contributed by atoms with van der Waals surface area (Å²) in [6, 6.07) is 18.5. The molecule has 3 aromatic carbocycles. The number of anilines is 1. The Bertz CT molecular complexity index is 1300. The molecular formula is C25H23N3O3S. The molecule has 0 saturated heterocycles. The van der Waals surface area contributed by atoms with Crippen molar-refractivity contribution in [3.05, 3.63) is 77.4 Å². The molecule has 0 radical (unpaired) electrons. The van der Waals surface area contributed by atoms with Gasteiger partial charge < -0.3 is 14.5 Å². The Kier molecular flexibility index (Phi) is 6.18. The predicted octanol–water partition coefficient (Wildman–Crippen LogP) is 5.64. The molecule has 0 spiro atoms. The third kappa shape index (κ3) is 4.78. The van der Waals surface area contributed by atoms with Crippen LogP contribution in [0.5, 0.6) is 5.75 Å². The third-order valence-electron chi connectivity index (χ3n) is 4.84. The molecule has 1 aromatic heterocycles. The molecule has 1 amide bonds. The van der Waals surface area contributed by atoms with Crippen LogP contribution in [0.1, 0.15) is 28.4 Å². The fourth-order valence-corrected chi connectivity index (χ4v) is 3.64. The van der Waals surface area contributed by atoms with Gasteiger partial charge in [-0.1, -0.05) is 12.1 Å². The van der Waals surface area contributed by atoms with Gasteiger partial charge in [-0.25, -0.2) is 4.98 Å². The van der Waals surface area contributed by atoms with Gasteiger partial charge in [0.2, 0.25) is 5.89 Å². The third-order valence-corrected chi connectivity index (χ3v) is 5.05. The molecule has 1 heterocycles. The lowest BCUT2D eigenvalue weighted by atomic mass is 10.1. The van der Waals surface area contributed by atoms with Gasteiger partial charge in [-0.2, -0.15) is 0 Å². The summed E-state index contributed by atoms with van der Waals surface area (Å²) in [4.78, 5) is 17.1. The predicted molar refractivity (Wildman–Crippen MR) is 130 cm³/mol. The van der Waals surface area contributed by atoms with Gasteiger partial charge in [-0.15, -0.1) is 0 Å². The molecule has 162 valence electrons. The summed E-state index contributed by atoms with van der Waals surface area (Å²) in [6.07, 6.45) is 0. The summed E-state index contributed by atoms with van der Waals surface area (Å²) in [7, 11) is 0. The zero-order valence-electron chi connectivity index (χ0n) is 18.1. The van der Waals surface area contributed by atoms with E-state index < -0.39 is 0 Å². The molecule has 6 nitrogen and oxygen atoms in total. The van der Waals surface area contributed by atoms with E-state index in [4.69, 9.17) is 21.4 Å². The number of carbonyl (C=O) groups is 1. The van der Waals surface area contributed by atoms with E-state index in [2.05, 4.69) is 21.7 Å². The Morgan fingerprint density at radius 1 is 1.09 bits per heavy atom. The highest BCUT2D eigenvalue weighted by atomic mass is 32.1. The lowest BCUT2D eigenvalue weighted by Crippen LogP contribution is -2.34. The number of amides is 1. The summed E-state index contributed by atoms with van der Waals surface area (Å²) >= 11 is 5.29. The number of oxazole rings is 1. The molecule has 0 aliphatic heterocycles. The van der Waals surface area contributed by atoms with E-state index in [0.717, 1.165) is 33.5 Å². The van der Waals surface area contributed by atoms with Crippen molar-refractivity contribution in [3.63, 3.8) is 0 Å². The van der Waals surface area contributed by atoms with E-state index in [1.54, 1.807) is 24.3 Å². The molecule has 0 atom stereocenters. The number of aryl methyl sites for hydroxylation is 2. The Balaban J connectivity index is 1.42. The molecular weight excluding hydrogens is 422 g/mol. The maximum absolute atomic E-state index is 12.5. The van der Waals surface area contributed by atoms with E-state index in [-0.39, 0.29) is 11.0 Å². The van der Waals surface area contributed by atoms with Gasteiger partial charge in [0.15, 0.2) is 10.7 Å². The smallest absolute Gasteiger partial charge is 0.257 e. The van der Waals surface area contributed by atoms with Gasteiger partial charge in [0.05, 0.1) is 6.61 Å². The standard InChI is InChI=1S/C25H23N3O3S/c1-4-30-20-7-5-6-18(14-20)23(29)28-25(32)26-19-10-8-17(9-11-19)24-27-21-13-15(2)12-16(3)22(21)31-24/h5-14H,4H2,1-3H3,(H2,26,28,29,32). The normalized spacial score (nSPS) is 10.7. The van der Waals surface area contributed by atoms with Gasteiger partial charge in [0.25, 0.3) is 5.91 Å². The quantitative estimate of drug-likeness (QED) is 0.387. The average molecular weight is 446 g/mol. The van der Waals surface area contributed by atoms with Crippen molar-refractivity contribution in [2.45, 2.75) is 20.8 Å². The Labute approximate surface area is 191 Å². The molecule has 0 saturated carbocycles. The zero-order chi connectivity index (χ0) is 22.7. The maximum atomic E-state index is 12.5. The van der Waals surface area contributed by atoms with Crippen LogP contribution in [-0.2, 0) is 0 Å². The number of nitrogens with zero attached hydrogens (tertiary/aromatic N) is 1. The lowest BCUT2D eigenvalue weighted by molar-refractivity contribution is 0.0977. The van der Waals surface area contributed by atoms with E-state index >= 15 is 0 Å². The number of hydrogen-bond acceptors (Lipinski definition) is 5. The monoisotopic (exact) mass is 445 g/mol. The number of ether oxygens (including phenoxy) is 1. The fraction of sp³-hybridized carbons (Fsp3) is 0.160. The second-order valence-electron chi connectivity index (χ2n) is 7.40. The van der Waals surface area contributed by atoms with Crippen molar-refractivity contribution in [2.75, 3.05) is 11.9 Å². The summed E-state index contributed by atoms with van der Waals surface area (Å²) in [6.45, 7) is 6.48. The number of hydrogen-bond donors (Lipinski definition) is 2. The van der Waals surface area contributed by atoms with Crippen LogP contribution in [0.4, 0.5) is 5.69 Å². The van der Waals surface area contributed by atoms with E-state index in [1.807, 2.05) is 51.1 Å². The topological polar surface area (TPSA) is 76.4 Å². The van der Waals surface area contributed by atoms with Crippen molar-refractivity contribution in [2.24, 2.45) is 0 Å². The van der Waals surface area contributed by atoms with E-state index in [1.165, 1.54) is 0 Å². The maximum Gasteiger partial charge on any atom is 0.257 e. The minimum absolute atomic E-state index is 0.206. The van der Waals surface area contributed by atoms with Crippen molar-refractivity contribution in [1.29, 1.82) is 0 Å². The van der Waals surface area contributed by atoms with Crippen molar-refractivity contribution in [3.8, 4) is 17.2 Å². The average Bonchev–Trinajstić information content (AvgIpc) is 3.19. The van der Waals surface area contributed by atoms with Crippen LogP contribution >= 0.6 is 12.2 Å². The number of thiocarbonyl (C=S) groups is 1. The number of aromatic nitrogens is 1. The number of nitrogens with one attached hydrogen (secondary N) is 2. The number of fused-ring (bicyclic) bond motifs is 1. The minimum atomic E-state index is -0.308. The SMILES string of the molecule is CCOc1cccc(C(=O)NC(=S)Nc2ccc(-c3nc4cc(C)cc(C)c4o3)cc2)c1. The molecule has 4 rings (SSSR count). The molecule has 0 bridgehead atoms. The van der Waals surface area contributed by atoms with Gasteiger partial charge in [-0.05, 0) is 92.6 Å². The summed E-state index contributed by atoms with van der Waals surface area (Å²) in [5.74, 6) is 0.891. The fourth-order valence-electron chi connectivity index (χ4n) is 3.43. The van der Waals surface area contributed by atoms with Crippen LogP contribution in [0.3, 0.4) is 0 Å². The molecule has 4 aromatic rings. The highest BCUT2D eigenvalue weighted by Crippen LogP contribution is 2.28. The van der Waals surface area contributed by atoms with Crippen molar-refractivity contribution < 1.29 is 13.9 Å². The van der Waals surface area contributed by atoms with Gasteiger partial charge in [0.1, 0.15) is 11.3 Å². The van der Waals surface area contributed by atoms with Crippen LogP contribution in [0.25, 0.3) is 22.6 Å². The zero-order valence-corrected chi connectivity index (χ0v) is 18.9. The summed E-state index contributed by atoms with van der Waals surface area (Å²) in [5.41, 5.74) is 5.91. The molecule has 32 heavy (non-hydrogen) atoms. The molecule has 0 fully saturated rings. The number of benzene rings is 3. The first-order valence-electron chi connectivity index (χ1n) is 10.3. The summed E-state index contributed by atoms with van der Waals surface area (Å²) < 4.78 is 11.4. The minimum Gasteiger partial charge on any atom is -0.494 e. The first-order chi connectivity index (χ1) is 15.4. The second-order valence-corrected chi connectivity index (χ2v) is 7.80. The van der Waals surface area contributed by atoms with Crippen molar-refractivity contribution >= 4 is 40.0 Å². The highest BCUT2D eigenvalue weighted by Gasteiger charge is 2.12. The molecule has 0 aliphatic carbocycles. The lowest BCUT2D eigenvalue weighted by Gasteiger charge is -2.10. The van der Waals surface area contributed by atoms with Crippen LogP contribution in [-0.4, -0.2) is 22.6 Å². The van der Waals surface area contributed by atoms with Crippen LogP contribution in [0.2, 0.25) is 0 Å².